The van der Waals surface area contributed by atoms with Crippen LogP contribution in [0, 0.1) is 0 Å². The third kappa shape index (κ3) is 3.71. The first kappa shape index (κ1) is 14.4. The van der Waals surface area contributed by atoms with Gasteiger partial charge in [-0.25, -0.2) is 0 Å². The highest BCUT2D eigenvalue weighted by Crippen LogP contribution is 2.31. The normalized spacial score (nSPS) is 22.3. The molecule has 1 atom stereocenters. The quantitative estimate of drug-likeness (QED) is 0.857. The summed E-state index contributed by atoms with van der Waals surface area (Å²) < 4.78 is 5.99. The number of phenolic OH excluding ortho intramolecular Hbond substituents is 1. The van der Waals surface area contributed by atoms with Crippen molar-refractivity contribution in [2.75, 3.05) is 6.61 Å². The van der Waals surface area contributed by atoms with Gasteiger partial charge in [0.15, 0.2) is 0 Å². The molecule has 0 amide bonds. The fourth-order valence-corrected chi connectivity index (χ4v) is 2.82. The third-order valence-corrected chi connectivity index (χ3v) is 4.31. The van der Waals surface area contributed by atoms with Gasteiger partial charge >= 0.3 is 0 Å². The van der Waals surface area contributed by atoms with Crippen LogP contribution >= 0.6 is 0 Å². The molecule has 0 bridgehead atoms. The molecule has 106 valence electrons. The first-order valence-corrected chi connectivity index (χ1v) is 7.32. The Morgan fingerprint density at radius 2 is 1.95 bits per heavy atom. The number of hydrogen-bond acceptors (Lipinski definition) is 3. The van der Waals surface area contributed by atoms with E-state index in [1.807, 2.05) is 12.1 Å². The van der Waals surface area contributed by atoms with Gasteiger partial charge in [-0.2, -0.15) is 0 Å². The Labute approximate surface area is 116 Å². The standard InChI is InChI=1S/C16H25NO2/c1-3-16(4-2)11-14(9-10-19-16)17-12-13-5-7-15(18)8-6-13/h5-8,14,17-18H,3-4,9-12H2,1-2H3. The van der Waals surface area contributed by atoms with Crippen LogP contribution in [0.5, 0.6) is 5.75 Å². The van der Waals surface area contributed by atoms with Crippen molar-refractivity contribution in [1.82, 2.24) is 5.32 Å². The zero-order valence-corrected chi connectivity index (χ0v) is 12.0. The molecule has 19 heavy (non-hydrogen) atoms. The van der Waals surface area contributed by atoms with E-state index in [1.54, 1.807) is 12.1 Å². The molecule has 1 aromatic rings. The maximum absolute atomic E-state index is 9.27. The molecule has 0 aromatic heterocycles. The van der Waals surface area contributed by atoms with Gasteiger partial charge in [0.2, 0.25) is 0 Å². The van der Waals surface area contributed by atoms with E-state index in [2.05, 4.69) is 19.2 Å². The Hall–Kier alpha value is -1.06. The van der Waals surface area contributed by atoms with E-state index in [9.17, 15) is 5.11 Å². The smallest absolute Gasteiger partial charge is 0.115 e. The molecular weight excluding hydrogens is 238 g/mol. The molecule has 1 unspecified atom stereocenters. The SMILES string of the molecule is CCC1(CC)CC(NCc2ccc(O)cc2)CCO1. The second kappa shape index (κ2) is 6.40. The van der Waals surface area contributed by atoms with Gasteiger partial charge in [0, 0.05) is 19.2 Å². The number of nitrogens with one attached hydrogen (secondary N) is 1. The molecule has 2 rings (SSSR count). The Kier molecular flexibility index (Phi) is 4.83. The van der Waals surface area contributed by atoms with Crippen molar-refractivity contribution >= 4 is 0 Å². The fourth-order valence-electron chi connectivity index (χ4n) is 2.82. The van der Waals surface area contributed by atoms with Gasteiger partial charge < -0.3 is 15.2 Å². The summed E-state index contributed by atoms with van der Waals surface area (Å²) in [7, 11) is 0. The van der Waals surface area contributed by atoms with Gasteiger partial charge in [0.1, 0.15) is 5.75 Å². The largest absolute Gasteiger partial charge is 0.508 e. The van der Waals surface area contributed by atoms with Gasteiger partial charge in [-0.05, 0) is 43.4 Å². The van der Waals surface area contributed by atoms with Crippen LogP contribution in [0.3, 0.4) is 0 Å². The lowest BCUT2D eigenvalue weighted by molar-refractivity contribution is -0.0932. The molecule has 0 spiro atoms. The topological polar surface area (TPSA) is 41.5 Å². The van der Waals surface area contributed by atoms with Crippen LogP contribution < -0.4 is 5.32 Å². The molecule has 3 nitrogen and oxygen atoms in total. The zero-order chi connectivity index (χ0) is 13.7. The summed E-state index contributed by atoms with van der Waals surface area (Å²) in [6.45, 7) is 6.14. The summed E-state index contributed by atoms with van der Waals surface area (Å²) in [6, 6.07) is 7.94. The summed E-state index contributed by atoms with van der Waals surface area (Å²) >= 11 is 0. The Bertz CT molecular complexity index is 384. The lowest BCUT2D eigenvalue weighted by atomic mass is 9.86. The van der Waals surface area contributed by atoms with Gasteiger partial charge in [-0.3, -0.25) is 0 Å². The van der Waals surface area contributed by atoms with Crippen molar-refractivity contribution in [3.8, 4) is 5.75 Å². The van der Waals surface area contributed by atoms with Crippen LogP contribution in [0.1, 0.15) is 45.1 Å². The average molecular weight is 263 g/mol. The summed E-state index contributed by atoms with van der Waals surface area (Å²) in [5.74, 6) is 0.325. The number of phenols is 1. The number of rotatable bonds is 5. The number of ether oxygens (including phenoxy) is 1. The van der Waals surface area contributed by atoms with Crippen molar-refractivity contribution in [2.24, 2.45) is 0 Å². The van der Waals surface area contributed by atoms with E-state index in [1.165, 1.54) is 5.56 Å². The molecule has 1 heterocycles. The van der Waals surface area contributed by atoms with Gasteiger partial charge in [0.25, 0.3) is 0 Å². The fraction of sp³-hybridized carbons (Fsp3) is 0.625. The maximum Gasteiger partial charge on any atom is 0.115 e. The highest BCUT2D eigenvalue weighted by atomic mass is 16.5. The third-order valence-electron chi connectivity index (χ3n) is 4.31. The Morgan fingerprint density at radius 1 is 1.26 bits per heavy atom. The first-order valence-electron chi connectivity index (χ1n) is 7.32. The van der Waals surface area contributed by atoms with Crippen molar-refractivity contribution in [3.05, 3.63) is 29.8 Å². The predicted molar refractivity (Wildman–Crippen MR) is 77.2 cm³/mol. The van der Waals surface area contributed by atoms with Gasteiger partial charge in [-0.1, -0.05) is 26.0 Å². The van der Waals surface area contributed by atoms with Crippen molar-refractivity contribution in [2.45, 2.75) is 57.7 Å². The molecule has 3 heteroatoms. The van der Waals surface area contributed by atoms with E-state index < -0.39 is 0 Å². The maximum atomic E-state index is 9.27. The number of benzene rings is 1. The van der Waals surface area contributed by atoms with E-state index in [4.69, 9.17) is 4.74 Å². The van der Waals surface area contributed by atoms with Gasteiger partial charge in [-0.15, -0.1) is 0 Å². The molecule has 1 aliphatic heterocycles. The monoisotopic (exact) mass is 263 g/mol. The van der Waals surface area contributed by atoms with E-state index in [0.717, 1.165) is 38.8 Å². The first-order chi connectivity index (χ1) is 9.17. The minimum atomic E-state index is 0.0743. The Morgan fingerprint density at radius 3 is 2.58 bits per heavy atom. The van der Waals surface area contributed by atoms with Crippen LogP contribution in [-0.2, 0) is 11.3 Å². The second-order valence-corrected chi connectivity index (χ2v) is 5.48. The summed E-state index contributed by atoms with van der Waals surface area (Å²) in [5.41, 5.74) is 1.29. The van der Waals surface area contributed by atoms with Gasteiger partial charge in [0.05, 0.1) is 5.60 Å². The van der Waals surface area contributed by atoms with E-state index >= 15 is 0 Å². The molecule has 1 aromatic carbocycles. The lowest BCUT2D eigenvalue weighted by Crippen LogP contribution is -2.46. The molecule has 2 N–H and O–H groups in total. The molecule has 0 saturated carbocycles. The minimum Gasteiger partial charge on any atom is -0.508 e. The average Bonchev–Trinajstić information content (AvgIpc) is 2.47. The molecule has 0 aliphatic carbocycles. The Balaban J connectivity index is 1.87. The summed E-state index contributed by atoms with van der Waals surface area (Å²) in [5, 5.41) is 12.9. The van der Waals surface area contributed by atoms with Crippen LogP contribution in [0.25, 0.3) is 0 Å². The second-order valence-electron chi connectivity index (χ2n) is 5.48. The predicted octanol–water partition coefficient (Wildman–Crippen LogP) is 3.22. The minimum absolute atomic E-state index is 0.0743. The molecule has 1 aliphatic rings. The van der Waals surface area contributed by atoms with E-state index in [0.29, 0.717) is 11.8 Å². The summed E-state index contributed by atoms with van der Waals surface area (Å²) in [6.07, 6.45) is 4.35. The van der Waals surface area contributed by atoms with Crippen molar-refractivity contribution < 1.29 is 9.84 Å². The number of hydrogen-bond donors (Lipinski definition) is 2. The van der Waals surface area contributed by atoms with Crippen LogP contribution in [0.15, 0.2) is 24.3 Å². The highest BCUT2D eigenvalue weighted by molar-refractivity contribution is 5.25. The van der Waals surface area contributed by atoms with Crippen LogP contribution in [-0.4, -0.2) is 23.4 Å². The van der Waals surface area contributed by atoms with Crippen molar-refractivity contribution in [1.29, 1.82) is 0 Å². The summed E-state index contributed by atoms with van der Waals surface area (Å²) in [4.78, 5) is 0. The molecule has 0 radical (unpaired) electrons. The molecule has 1 fully saturated rings. The highest BCUT2D eigenvalue weighted by Gasteiger charge is 2.34. The van der Waals surface area contributed by atoms with Crippen LogP contribution in [0.4, 0.5) is 0 Å². The zero-order valence-electron chi connectivity index (χ0n) is 12.0. The molecular formula is C16H25NO2. The lowest BCUT2D eigenvalue weighted by Gasteiger charge is -2.40. The molecule has 1 saturated heterocycles. The van der Waals surface area contributed by atoms with Crippen molar-refractivity contribution in [3.63, 3.8) is 0 Å². The van der Waals surface area contributed by atoms with Crippen LogP contribution in [0.2, 0.25) is 0 Å². The number of aromatic hydroxyl groups is 1. The van der Waals surface area contributed by atoms with E-state index in [-0.39, 0.29) is 5.60 Å².